The van der Waals surface area contributed by atoms with Crippen molar-refractivity contribution >= 4 is 0 Å². The SMILES string of the molecule is CC(C)C(c1ccccc1)C(C)C. The van der Waals surface area contributed by atoms with Crippen LogP contribution in [0.25, 0.3) is 0 Å². The monoisotopic (exact) mass is 176 g/mol. The van der Waals surface area contributed by atoms with Crippen LogP contribution in [0.5, 0.6) is 0 Å². The molecule has 0 aliphatic heterocycles. The predicted molar refractivity (Wildman–Crippen MR) is 58.9 cm³/mol. The standard InChI is InChI=1S/C13H20/c1-10(2)13(11(3)4)12-8-6-5-7-9-12/h5-11,13H,1-4H3. The van der Waals surface area contributed by atoms with Crippen LogP contribution in [0.1, 0.15) is 39.2 Å². The summed E-state index contributed by atoms with van der Waals surface area (Å²) < 4.78 is 0. The summed E-state index contributed by atoms with van der Waals surface area (Å²) in [4.78, 5) is 0. The van der Waals surface area contributed by atoms with Crippen LogP contribution in [0.4, 0.5) is 0 Å². The van der Waals surface area contributed by atoms with Crippen molar-refractivity contribution in [3.8, 4) is 0 Å². The molecule has 0 saturated heterocycles. The molecule has 0 nitrogen and oxygen atoms in total. The Morgan fingerprint density at radius 1 is 0.769 bits per heavy atom. The second-order valence-corrected chi connectivity index (χ2v) is 4.42. The molecule has 0 spiro atoms. The summed E-state index contributed by atoms with van der Waals surface area (Å²) in [6, 6.07) is 10.8. The van der Waals surface area contributed by atoms with Gasteiger partial charge in [-0.05, 0) is 23.3 Å². The molecule has 0 aromatic heterocycles. The molecule has 1 aromatic carbocycles. The third kappa shape index (κ3) is 2.58. The molecule has 0 unspecified atom stereocenters. The van der Waals surface area contributed by atoms with E-state index in [-0.39, 0.29) is 0 Å². The summed E-state index contributed by atoms with van der Waals surface area (Å²) in [5.74, 6) is 2.14. The van der Waals surface area contributed by atoms with E-state index in [0.717, 1.165) is 11.8 Å². The number of rotatable bonds is 3. The van der Waals surface area contributed by atoms with Crippen LogP contribution in [-0.4, -0.2) is 0 Å². The molecule has 0 saturated carbocycles. The molecule has 0 radical (unpaired) electrons. The summed E-state index contributed by atoms with van der Waals surface area (Å²) >= 11 is 0. The molecule has 1 aromatic rings. The molecule has 0 amide bonds. The van der Waals surface area contributed by atoms with E-state index >= 15 is 0 Å². The Morgan fingerprint density at radius 2 is 1.23 bits per heavy atom. The third-order valence-electron chi connectivity index (χ3n) is 2.62. The highest BCUT2D eigenvalue weighted by atomic mass is 14.2. The van der Waals surface area contributed by atoms with E-state index in [1.54, 1.807) is 0 Å². The normalized spacial score (nSPS) is 11.6. The molecule has 0 aliphatic carbocycles. The molecule has 0 aliphatic rings. The number of hydrogen-bond donors (Lipinski definition) is 0. The summed E-state index contributed by atoms with van der Waals surface area (Å²) in [7, 11) is 0. The van der Waals surface area contributed by atoms with E-state index in [1.165, 1.54) is 5.56 Å². The average molecular weight is 176 g/mol. The lowest BCUT2D eigenvalue weighted by molar-refractivity contribution is 0.388. The molecule has 0 fully saturated rings. The molecule has 0 heterocycles. The van der Waals surface area contributed by atoms with Crippen molar-refractivity contribution in [1.29, 1.82) is 0 Å². The van der Waals surface area contributed by atoms with Crippen molar-refractivity contribution in [2.45, 2.75) is 33.6 Å². The van der Waals surface area contributed by atoms with Crippen molar-refractivity contribution in [1.82, 2.24) is 0 Å². The minimum Gasteiger partial charge on any atom is -0.0622 e. The van der Waals surface area contributed by atoms with Gasteiger partial charge in [0, 0.05) is 0 Å². The van der Waals surface area contributed by atoms with E-state index in [9.17, 15) is 0 Å². The van der Waals surface area contributed by atoms with E-state index in [0.29, 0.717) is 5.92 Å². The predicted octanol–water partition coefficient (Wildman–Crippen LogP) is 4.08. The fraction of sp³-hybridized carbons (Fsp3) is 0.538. The Kier molecular flexibility index (Phi) is 3.53. The minimum atomic E-state index is 0.696. The highest BCUT2D eigenvalue weighted by Gasteiger charge is 2.18. The van der Waals surface area contributed by atoms with Crippen molar-refractivity contribution < 1.29 is 0 Å². The van der Waals surface area contributed by atoms with E-state index in [1.807, 2.05) is 0 Å². The van der Waals surface area contributed by atoms with Gasteiger partial charge in [0.05, 0.1) is 0 Å². The van der Waals surface area contributed by atoms with Gasteiger partial charge in [-0.3, -0.25) is 0 Å². The summed E-state index contributed by atoms with van der Waals surface area (Å²) in [5, 5.41) is 0. The molecule has 13 heavy (non-hydrogen) atoms. The smallest absolute Gasteiger partial charge is 0.0116 e. The average Bonchev–Trinajstić information content (AvgIpc) is 2.04. The second kappa shape index (κ2) is 4.45. The first-order valence-corrected chi connectivity index (χ1v) is 5.18. The quantitative estimate of drug-likeness (QED) is 0.651. The number of hydrogen-bond acceptors (Lipinski definition) is 0. The van der Waals surface area contributed by atoms with Crippen LogP contribution >= 0.6 is 0 Å². The van der Waals surface area contributed by atoms with Gasteiger partial charge in [-0.1, -0.05) is 58.0 Å². The summed E-state index contributed by atoms with van der Waals surface area (Å²) in [5.41, 5.74) is 1.48. The van der Waals surface area contributed by atoms with Gasteiger partial charge in [0.15, 0.2) is 0 Å². The van der Waals surface area contributed by atoms with E-state index in [4.69, 9.17) is 0 Å². The number of benzene rings is 1. The lowest BCUT2D eigenvalue weighted by Gasteiger charge is -2.25. The molecular weight excluding hydrogens is 156 g/mol. The lowest BCUT2D eigenvalue weighted by Crippen LogP contribution is -2.13. The van der Waals surface area contributed by atoms with Crippen LogP contribution in [0.2, 0.25) is 0 Å². The van der Waals surface area contributed by atoms with Gasteiger partial charge in [-0.25, -0.2) is 0 Å². The van der Waals surface area contributed by atoms with Crippen LogP contribution < -0.4 is 0 Å². The van der Waals surface area contributed by atoms with Gasteiger partial charge in [0.1, 0.15) is 0 Å². The first-order chi connectivity index (χ1) is 6.13. The van der Waals surface area contributed by atoms with Crippen molar-refractivity contribution in [3.05, 3.63) is 35.9 Å². The molecule has 0 bridgehead atoms. The molecular formula is C13H20. The lowest BCUT2D eigenvalue weighted by atomic mass is 9.80. The summed E-state index contributed by atoms with van der Waals surface area (Å²) in [6.45, 7) is 9.21. The Hall–Kier alpha value is -0.780. The maximum absolute atomic E-state index is 2.30. The molecule has 0 heteroatoms. The third-order valence-corrected chi connectivity index (χ3v) is 2.62. The van der Waals surface area contributed by atoms with Crippen molar-refractivity contribution in [2.24, 2.45) is 11.8 Å². The van der Waals surface area contributed by atoms with Gasteiger partial charge < -0.3 is 0 Å². The minimum absolute atomic E-state index is 0.696. The first kappa shape index (κ1) is 10.3. The maximum Gasteiger partial charge on any atom is -0.0116 e. The molecule has 1 rings (SSSR count). The van der Waals surface area contributed by atoms with Gasteiger partial charge in [-0.15, -0.1) is 0 Å². The zero-order valence-electron chi connectivity index (χ0n) is 9.12. The highest BCUT2D eigenvalue weighted by Crippen LogP contribution is 2.31. The maximum atomic E-state index is 2.30. The van der Waals surface area contributed by atoms with Crippen LogP contribution in [-0.2, 0) is 0 Å². The molecule has 0 atom stereocenters. The Labute approximate surface area is 82.0 Å². The van der Waals surface area contributed by atoms with Gasteiger partial charge in [0.25, 0.3) is 0 Å². The van der Waals surface area contributed by atoms with Crippen molar-refractivity contribution in [2.75, 3.05) is 0 Å². The van der Waals surface area contributed by atoms with Gasteiger partial charge in [0.2, 0.25) is 0 Å². The Morgan fingerprint density at radius 3 is 1.62 bits per heavy atom. The van der Waals surface area contributed by atoms with Gasteiger partial charge >= 0.3 is 0 Å². The molecule has 72 valence electrons. The van der Waals surface area contributed by atoms with Crippen molar-refractivity contribution in [3.63, 3.8) is 0 Å². The Bertz CT molecular complexity index is 225. The second-order valence-electron chi connectivity index (χ2n) is 4.42. The van der Waals surface area contributed by atoms with Gasteiger partial charge in [-0.2, -0.15) is 0 Å². The summed E-state index contributed by atoms with van der Waals surface area (Å²) in [6.07, 6.45) is 0. The highest BCUT2D eigenvalue weighted by molar-refractivity contribution is 5.20. The van der Waals surface area contributed by atoms with E-state index < -0.39 is 0 Å². The van der Waals surface area contributed by atoms with Crippen LogP contribution in [0, 0.1) is 11.8 Å². The molecule has 0 N–H and O–H groups in total. The van der Waals surface area contributed by atoms with E-state index in [2.05, 4.69) is 58.0 Å². The van der Waals surface area contributed by atoms with Crippen LogP contribution in [0.3, 0.4) is 0 Å². The zero-order valence-corrected chi connectivity index (χ0v) is 9.12. The topological polar surface area (TPSA) is 0 Å². The fourth-order valence-electron chi connectivity index (χ4n) is 2.21. The first-order valence-electron chi connectivity index (χ1n) is 5.18. The fourth-order valence-corrected chi connectivity index (χ4v) is 2.21. The Balaban J connectivity index is 2.89. The zero-order chi connectivity index (χ0) is 9.84. The van der Waals surface area contributed by atoms with Crippen LogP contribution in [0.15, 0.2) is 30.3 Å². The largest absolute Gasteiger partial charge is 0.0622 e.